The second kappa shape index (κ2) is 8.29. The Bertz CT molecular complexity index is 378. The molecule has 128 valence electrons. The van der Waals surface area contributed by atoms with E-state index in [4.69, 9.17) is 9.05 Å². The first-order valence-electron chi connectivity index (χ1n) is 7.89. The van der Waals surface area contributed by atoms with Gasteiger partial charge in [-0.1, -0.05) is 55.4 Å². The van der Waals surface area contributed by atoms with Gasteiger partial charge < -0.3 is 9.05 Å². The number of hydrogen-bond donors (Lipinski definition) is 0. The van der Waals surface area contributed by atoms with E-state index in [-0.39, 0.29) is 35.3 Å². The number of rotatable bonds is 9. The Morgan fingerprint density at radius 1 is 0.667 bits per heavy atom. The van der Waals surface area contributed by atoms with Crippen LogP contribution in [0.1, 0.15) is 62.3 Å². The van der Waals surface area contributed by atoms with Gasteiger partial charge in [0.05, 0.1) is 12.7 Å². The molecule has 0 N–H and O–H groups in total. The van der Waals surface area contributed by atoms with Gasteiger partial charge in [-0.25, -0.2) is 0 Å². The van der Waals surface area contributed by atoms with Crippen LogP contribution in [-0.2, 0) is 18.2 Å². The quantitative estimate of drug-likeness (QED) is 0.513. The van der Waals surface area contributed by atoms with E-state index in [9.17, 15) is 9.13 Å². The summed E-state index contributed by atoms with van der Waals surface area (Å²) in [5.41, 5.74) is -0.0951. The van der Waals surface area contributed by atoms with Crippen LogP contribution in [-0.4, -0.2) is 35.3 Å². The molecule has 0 aliphatic rings. The molecule has 0 aromatic carbocycles. The third kappa shape index (κ3) is 5.50. The smallest absolute Gasteiger partial charge is 0.208 e. The van der Waals surface area contributed by atoms with Crippen molar-refractivity contribution in [3.63, 3.8) is 0 Å². The van der Waals surface area contributed by atoms with Crippen molar-refractivity contribution >= 4 is 14.7 Å². The molecule has 0 aromatic heterocycles. The zero-order valence-corrected chi connectivity index (χ0v) is 16.9. The van der Waals surface area contributed by atoms with Crippen molar-refractivity contribution in [2.75, 3.05) is 6.61 Å². The first-order valence-corrected chi connectivity index (χ1v) is 11.4. The Morgan fingerprint density at radius 3 is 1.29 bits per heavy atom. The molecule has 6 heteroatoms. The lowest BCUT2D eigenvalue weighted by Gasteiger charge is -2.31. The highest BCUT2D eigenvalue weighted by Crippen LogP contribution is 2.58. The van der Waals surface area contributed by atoms with E-state index >= 15 is 0 Å². The normalized spacial score (nSPS) is 15.5. The Hall–Kier alpha value is 0.380. The summed E-state index contributed by atoms with van der Waals surface area (Å²) in [7, 11) is -5.42. The summed E-state index contributed by atoms with van der Waals surface area (Å²) in [6.45, 7) is 17.4. The van der Waals surface area contributed by atoms with Gasteiger partial charge in [0.1, 0.15) is 0 Å². The molecule has 0 amide bonds. The first-order chi connectivity index (χ1) is 9.37. The third-order valence-corrected chi connectivity index (χ3v) is 10.7. The third-order valence-electron chi connectivity index (χ3n) is 3.73. The topological polar surface area (TPSA) is 52.6 Å². The van der Waals surface area contributed by atoms with Crippen LogP contribution in [0.5, 0.6) is 0 Å². The van der Waals surface area contributed by atoms with E-state index in [1.165, 1.54) is 0 Å². The van der Waals surface area contributed by atoms with Gasteiger partial charge in [-0.2, -0.15) is 0 Å². The van der Waals surface area contributed by atoms with Gasteiger partial charge in [-0.05, 0) is 6.92 Å². The van der Waals surface area contributed by atoms with Crippen LogP contribution in [0.4, 0.5) is 0 Å². The van der Waals surface area contributed by atoms with Crippen molar-refractivity contribution in [1.82, 2.24) is 0 Å². The monoisotopic (exact) mass is 340 g/mol. The largest absolute Gasteiger partial charge is 0.325 e. The van der Waals surface area contributed by atoms with E-state index in [0.29, 0.717) is 0 Å². The Balaban J connectivity index is 4.82. The van der Waals surface area contributed by atoms with E-state index in [1.807, 2.05) is 62.3 Å². The molecule has 0 aliphatic carbocycles. The van der Waals surface area contributed by atoms with Crippen molar-refractivity contribution < 1.29 is 18.2 Å². The fraction of sp³-hybridized carbons (Fsp3) is 1.00. The molecule has 21 heavy (non-hydrogen) atoms. The molecule has 1 atom stereocenters. The summed E-state index contributed by atoms with van der Waals surface area (Å²) in [4.78, 5) is 0. The Kier molecular flexibility index (Phi) is 8.44. The lowest BCUT2D eigenvalue weighted by atomic mass is 10.5. The molecule has 1 unspecified atom stereocenters. The van der Waals surface area contributed by atoms with Crippen LogP contribution >= 0.6 is 14.7 Å². The molecule has 0 heterocycles. The minimum absolute atomic E-state index is 0.0216. The molecule has 0 fully saturated rings. The van der Waals surface area contributed by atoms with Crippen molar-refractivity contribution in [1.29, 1.82) is 0 Å². The average molecular weight is 340 g/mol. The lowest BCUT2D eigenvalue weighted by Crippen LogP contribution is -2.22. The first kappa shape index (κ1) is 21.4. The van der Waals surface area contributed by atoms with Crippen molar-refractivity contribution in [2.24, 2.45) is 0 Å². The van der Waals surface area contributed by atoms with Crippen molar-refractivity contribution in [2.45, 2.75) is 91.1 Å². The van der Waals surface area contributed by atoms with Crippen molar-refractivity contribution in [3.05, 3.63) is 0 Å². The maximum Gasteiger partial charge on any atom is 0.208 e. The number of hydrogen-bond acceptors (Lipinski definition) is 4. The second-order valence-electron chi connectivity index (χ2n) is 6.88. The fourth-order valence-electron chi connectivity index (χ4n) is 2.27. The molecule has 0 radical (unpaired) electrons. The molecule has 0 rings (SSSR count). The summed E-state index contributed by atoms with van der Waals surface area (Å²) in [6, 6.07) is 0. The Morgan fingerprint density at radius 2 is 1.00 bits per heavy atom. The predicted octanol–water partition coefficient (Wildman–Crippen LogP) is 5.60. The van der Waals surface area contributed by atoms with Crippen LogP contribution in [0.2, 0.25) is 0 Å². The van der Waals surface area contributed by atoms with Crippen LogP contribution in [0.3, 0.4) is 0 Å². The van der Waals surface area contributed by atoms with Gasteiger partial charge in [0, 0.05) is 22.6 Å². The summed E-state index contributed by atoms with van der Waals surface area (Å²) in [5, 5.41) is 0. The van der Waals surface area contributed by atoms with Crippen LogP contribution in [0, 0.1) is 0 Å². The van der Waals surface area contributed by atoms with Crippen molar-refractivity contribution in [3.8, 4) is 0 Å². The molecule has 0 saturated carbocycles. The van der Waals surface area contributed by atoms with Gasteiger partial charge in [-0.15, -0.1) is 0 Å². The van der Waals surface area contributed by atoms with E-state index < -0.39 is 14.7 Å². The maximum atomic E-state index is 12.9. The average Bonchev–Trinajstić information content (AvgIpc) is 2.34. The minimum atomic E-state index is -2.72. The highest BCUT2D eigenvalue weighted by Gasteiger charge is 2.36. The summed E-state index contributed by atoms with van der Waals surface area (Å²) < 4.78 is 37.2. The van der Waals surface area contributed by atoms with E-state index in [0.717, 1.165) is 0 Å². The van der Waals surface area contributed by atoms with Gasteiger partial charge in [0.2, 0.25) is 14.7 Å². The summed E-state index contributed by atoms with van der Waals surface area (Å²) in [5.74, 6) is 0. The SMILES string of the molecule is CC(COP(=O)(C(C)C)C(C)C)OP(=O)(C(C)C)C(C)C. The standard InChI is InChI=1S/C15H34O4P2/c1-11(2)20(16,12(3)4)18-10-15(9)19-21(17,13(5)6)14(7)8/h11-15H,10H2,1-9H3. The molecule has 0 aliphatic heterocycles. The molecular weight excluding hydrogens is 306 g/mol. The van der Waals surface area contributed by atoms with Gasteiger partial charge in [-0.3, -0.25) is 9.13 Å². The van der Waals surface area contributed by atoms with Crippen LogP contribution < -0.4 is 0 Å². The minimum Gasteiger partial charge on any atom is -0.325 e. The predicted molar refractivity (Wildman–Crippen MR) is 92.3 cm³/mol. The second-order valence-corrected chi connectivity index (χ2v) is 14.1. The van der Waals surface area contributed by atoms with Gasteiger partial charge >= 0.3 is 0 Å². The fourth-order valence-corrected chi connectivity index (χ4v) is 6.80. The highest BCUT2D eigenvalue weighted by molar-refractivity contribution is 7.60. The lowest BCUT2D eigenvalue weighted by molar-refractivity contribution is 0.141. The maximum absolute atomic E-state index is 12.9. The molecule has 0 saturated heterocycles. The molecule has 4 nitrogen and oxygen atoms in total. The highest BCUT2D eigenvalue weighted by atomic mass is 31.2. The van der Waals surface area contributed by atoms with E-state index in [1.54, 1.807) is 0 Å². The van der Waals surface area contributed by atoms with Gasteiger partial charge in [0.25, 0.3) is 0 Å². The molecule has 0 spiro atoms. The van der Waals surface area contributed by atoms with Crippen LogP contribution in [0.15, 0.2) is 0 Å². The van der Waals surface area contributed by atoms with Crippen LogP contribution in [0.25, 0.3) is 0 Å². The Labute approximate surface area is 131 Å². The zero-order valence-electron chi connectivity index (χ0n) is 15.1. The molecular formula is C15H34O4P2. The summed E-state index contributed by atoms with van der Waals surface area (Å²) >= 11 is 0. The zero-order chi connectivity index (χ0) is 17.0. The van der Waals surface area contributed by atoms with Gasteiger partial charge in [0.15, 0.2) is 0 Å². The molecule has 0 aromatic rings. The van der Waals surface area contributed by atoms with E-state index in [2.05, 4.69) is 0 Å². The summed E-state index contributed by atoms with van der Waals surface area (Å²) in [6.07, 6.45) is -0.327. The molecule has 0 bridgehead atoms.